The van der Waals surface area contributed by atoms with E-state index in [1.165, 1.54) is 12.1 Å². The first-order valence-electron chi connectivity index (χ1n) is 9.36. The zero-order chi connectivity index (χ0) is 19.3. The summed E-state index contributed by atoms with van der Waals surface area (Å²) in [6.07, 6.45) is 0.943. The molecule has 2 aromatic rings. The van der Waals surface area contributed by atoms with Crippen molar-refractivity contribution in [2.45, 2.75) is 19.4 Å². The number of hydrogen-bond donors (Lipinski definition) is 1. The van der Waals surface area contributed by atoms with Crippen LogP contribution in [0, 0.1) is 18.2 Å². The number of hydrogen-bond acceptors (Lipinski definition) is 3. The Balaban J connectivity index is 1.52. The molecule has 1 N–H and O–H groups in total. The number of rotatable bonds is 3. The number of aliphatic hydroxyl groups is 1. The van der Waals surface area contributed by atoms with Gasteiger partial charge in [0.2, 0.25) is 0 Å². The van der Waals surface area contributed by atoms with E-state index >= 15 is 0 Å². The summed E-state index contributed by atoms with van der Waals surface area (Å²) in [5.74, 6) is -0.216. The lowest BCUT2D eigenvalue weighted by Crippen LogP contribution is -2.59. The van der Waals surface area contributed by atoms with E-state index in [0.29, 0.717) is 5.56 Å². The summed E-state index contributed by atoms with van der Waals surface area (Å²) in [6.45, 7) is 4.53. The molecule has 0 aliphatic carbocycles. The summed E-state index contributed by atoms with van der Waals surface area (Å²) < 4.78 is 15.2. The van der Waals surface area contributed by atoms with Crippen LogP contribution in [0.2, 0.25) is 0 Å². The zero-order valence-corrected chi connectivity index (χ0v) is 16.1. The van der Waals surface area contributed by atoms with Crippen molar-refractivity contribution in [2.75, 3.05) is 33.3 Å². The molecule has 1 amide bonds. The molecule has 4 rings (SSSR count). The third kappa shape index (κ3) is 2.97. The Morgan fingerprint density at radius 1 is 1.22 bits per heavy atom. The van der Waals surface area contributed by atoms with Crippen LogP contribution in [-0.2, 0) is 7.05 Å². The number of aliphatic hydroxyl groups excluding tert-OH is 1. The fourth-order valence-corrected chi connectivity index (χ4v) is 4.70. The minimum absolute atomic E-state index is 0.0530. The molecule has 2 aliphatic heterocycles. The summed E-state index contributed by atoms with van der Waals surface area (Å²) in [6, 6.07) is 8.46. The van der Waals surface area contributed by atoms with Gasteiger partial charge in [0.15, 0.2) is 0 Å². The molecule has 3 heterocycles. The molecule has 5 nitrogen and oxygen atoms in total. The second-order valence-corrected chi connectivity index (χ2v) is 8.21. The van der Waals surface area contributed by atoms with Gasteiger partial charge in [0.1, 0.15) is 5.82 Å². The molecule has 6 heteroatoms. The molecular formula is C21H26FN3O2. The van der Waals surface area contributed by atoms with Crippen molar-refractivity contribution in [3.63, 3.8) is 0 Å². The van der Waals surface area contributed by atoms with Crippen LogP contribution >= 0.6 is 0 Å². The first-order chi connectivity index (χ1) is 12.8. The average molecular weight is 371 g/mol. The lowest BCUT2D eigenvalue weighted by Gasteiger charge is -2.48. The van der Waals surface area contributed by atoms with Crippen LogP contribution in [-0.4, -0.2) is 64.7 Å². The number of carbonyl (C=O) groups is 1. The predicted octanol–water partition coefficient (Wildman–Crippen LogP) is 2.28. The largest absolute Gasteiger partial charge is 0.395 e. The molecular weight excluding hydrogens is 345 g/mol. The first-order valence-corrected chi connectivity index (χ1v) is 9.36. The Morgan fingerprint density at radius 3 is 2.48 bits per heavy atom. The second-order valence-electron chi connectivity index (χ2n) is 8.21. The zero-order valence-electron chi connectivity index (χ0n) is 16.1. The van der Waals surface area contributed by atoms with Crippen molar-refractivity contribution in [1.29, 1.82) is 0 Å². The van der Waals surface area contributed by atoms with Gasteiger partial charge in [-0.1, -0.05) is 0 Å². The smallest absolute Gasteiger partial charge is 0.255 e. The molecule has 1 aromatic carbocycles. The van der Waals surface area contributed by atoms with Crippen LogP contribution in [0.25, 0.3) is 11.3 Å². The van der Waals surface area contributed by atoms with Crippen LogP contribution < -0.4 is 0 Å². The van der Waals surface area contributed by atoms with Gasteiger partial charge in [0.05, 0.1) is 12.2 Å². The highest BCUT2D eigenvalue weighted by atomic mass is 19.1. The molecule has 144 valence electrons. The van der Waals surface area contributed by atoms with Crippen LogP contribution in [0.4, 0.5) is 4.39 Å². The topological polar surface area (TPSA) is 48.7 Å². The average Bonchev–Trinajstić information content (AvgIpc) is 3.12. The number of carbonyl (C=O) groups excluding carboxylic acids is 1. The Hall–Kier alpha value is -2.18. The highest BCUT2D eigenvalue weighted by Crippen LogP contribution is 2.42. The molecule has 2 fully saturated rings. The minimum Gasteiger partial charge on any atom is -0.395 e. The maximum absolute atomic E-state index is 13.2. The van der Waals surface area contributed by atoms with Gasteiger partial charge in [0.25, 0.3) is 5.91 Å². The van der Waals surface area contributed by atoms with Crippen LogP contribution in [0.15, 0.2) is 30.3 Å². The number of nitrogens with zero attached hydrogens (tertiary/aromatic N) is 3. The van der Waals surface area contributed by atoms with E-state index in [1.54, 1.807) is 12.1 Å². The normalized spacial score (nSPS) is 21.7. The predicted molar refractivity (Wildman–Crippen MR) is 102 cm³/mol. The van der Waals surface area contributed by atoms with Crippen molar-refractivity contribution in [3.05, 3.63) is 47.4 Å². The van der Waals surface area contributed by atoms with E-state index in [4.69, 9.17) is 0 Å². The van der Waals surface area contributed by atoms with Gasteiger partial charge in [-0.15, -0.1) is 0 Å². The number of likely N-dealkylation sites (tertiary alicyclic amines) is 2. The number of amides is 1. The van der Waals surface area contributed by atoms with Gasteiger partial charge < -0.3 is 19.5 Å². The molecule has 0 radical (unpaired) electrons. The quantitative estimate of drug-likeness (QED) is 0.901. The highest BCUT2D eigenvalue weighted by molar-refractivity contribution is 5.97. The van der Waals surface area contributed by atoms with E-state index in [1.807, 2.05) is 36.6 Å². The molecule has 0 saturated carbocycles. The Bertz CT molecular complexity index is 868. The van der Waals surface area contributed by atoms with Gasteiger partial charge in [-0.2, -0.15) is 0 Å². The lowest BCUT2D eigenvalue weighted by molar-refractivity contribution is 0.0113. The van der Waals surface area contributed by atoms with Gasteiger partial charge in [-0.05, 0) is 56.3 Å². The first kappa shape index (κ1) is 18.2. The molecule has 2 saturated heterocycles. The summed E-state index contributed by atoms with van der Waals surface area (Å²) in [5.41, 5.74) is 3.55. The molecule has 1 aromatic heterocycles. The Labute approximate surface area is 159 Å². The molecule has 1 unspecified atom stereocenters. The fourth-order valence-electron chi connectivity index (χ4n) is 4.70. The Morgan fingerprint density at radius 2 is 1.89 bits per heavy atom. The van der Waals surface area contributed by atoms with Crippen molar-refractivity contribution in [1.82, 2.24) is 14.4 Å². The third-order valence-corrected chi connectivity index (χ3v) is 6.33. The standard InChI is InChI=1S/C21H26FN3O2/c1-14-18(8-19(24(14)3)15-4-6-16(22)7-5-15)20(27)25-12-21(13-25)9-17(10-26)23(2)11-21/h4-8,17,26H,9-13H2,1-3H3. The van der Waals surface area contributed by atoms with Crippen molar-refractivity contribution in [2.24, 2.45) is 12.5 Å². The Kier molecular flexibility index (Phi) is 4.35. The van der Waals surface area contributed by atoms with Gasteiger partial charge >= 0.3 is 0 Å². The SMILES string of the molecule is Cc1c(C(=O)N2CC3(CC(CO)N(C)C3)C2)cc(-c2ccc(F)cc2)n1C. The maximum Gasteiger partial charge on any atom is 0.255 e. The molecule has 1 spiro atoms. The van der Waals surface area contributed by atoms with E-state index < -0.39 is 0 Å². The third-order valence-electron chi connectivity index (χ3n) is 6.33. The van der Waals surface area contributed by atoms with Crippen molar-refractivity contribution < 1.29 is 14.3 Å². The number of likely N-dealkylation sites (N-methyl/N-ethyl adjacent to an activating group) is 1. The fraction of sp³-hybridized carbons (Fsp3) is 0.476. The van der Waals surface area contributed by atoms with Crippen molar-refractivity contribution >= 4 is 5.91 Å². The molecule has 0 bridgehead atoms. The van der Waals surface area contributed by atoms with Crippen LogP contribution in [0.1, 0.15) is 22.5 Å². The minimum atomic E-state index is -0.269. The van der Waals surface area contributed by atoms with Gasteiger partial charge in [-0.25, -0.2) is 4.39 Å². The van der Waals surface area contributed by atoms with E-state index in [2.05, 4.69) is 4.90 Å². The maximum atomic E-state index is 13.2. The second kappa shape index (κ2) is 6.46. The molecule has 27 heavy (non-hydrogen) atoms. The van der Waals surface area contributed by atoms with E-state index in [9.17, 15) is 14.3 Å². The highest BCUT2D eigenvalue weighted by Gasteiger charge is 2.51. The number of halogens is 1. The van der Waals surface area contributed by atoms with E-state index in [0.717, 1.165) is 43.0 Å². The molecule has 2 aliphatic rings. The molecule has 1 atom stereocenters. The summed E-state index contributed by atoms with van der Waals surface area (Å²) >= 11 is 0. The monoisotopic (exact) mass is 371 g/mol. The summed E-state index contributed by atoms with van der Waals surface area (Å²) in [7, 11) is 3.97. The van der Waals surface area contributed by atoms with Crippen LogP contribution in [0.5, 0.6) is 0 Å². The van der Waals surface area contributed by atoms with Gasteiger partial charge in [0, 0.05) is 49.5 Å². The lowest BCUT2D eigenvalue weighted by atomic mass is 9.77. The van der Waals surface area contributed by atoms with Crippen LogP contribution in [0.3, 0.4) is 0 Å². The summed E-state index contributed by atoms with van der Waals surface area (Å²) in [5, 5.41) is 9.49. The van der Waals surface area contributed by atoms with E-state index in [-0.39, 0.29) is 29.8 Å². The van der Waals surface area contributed by atoms with Gasteiger partial charge in [-0.3, -0.25) is 4.79 Å². The number of benzene rings is 1. The number of aromatic nitrogens is 1. The summed E-state index contributed by atoms with van der Waals surface area (Å²) in [4.78, 5) is 17.2. The van der Waals surface area contributed by atoms with Crippen molar-refractivity contribution in [3.8, 4) is 11.3 Å².